The predicted octanol–water partition coefficient (Wildman–Crippen LogP) is 4.64. The number of aromatic nitrogens is 3. The van der Waals surface area contributed by atoms with Crippen LogP contribution in [0, 0.1) is 5.92 Å². The molecule has 3 aromatic rings. The Labute approximate surface area is 214 Å². The summed E-state index contributed by atoms with van der Waals surface area (Å²) in [6.45, 7) is 7.29. The van der Waals surface area contributed by atoms with E-state index < -0.39 is 0 Å². The molecule has 5 rings (SSSR count). The molecule has 0 spiro atoms. The van der Waals surface area contributed by atoms with Crippen molar-refractivity contribution in [3.8, 4) is 5.75 Å². The van der Waals surface area contributed by atoms with Gasteiger partial charge in [0, 0.05) is 69.7 Å². The molecule has 7 nitrogen and oxygen atoms in total. The SMILES string of the molecule is CCC1CC=CC=C1CNc1nc(Cc2ccc(N3CCN(C)CC3)cc2OC)nc2ccn(C)c12. The van der Waals surface area contributed by atoms with Gasteiger partial charge in [0.15, 0.2) is 5.82 Å². The molecule has 1 atom stereocenters. The number of fused-ring (bicyclic) bond motifs is 1. The molecule has 36 heavy (non-hydrogen) atoms. The maximum absolute atomic E-state index is 5.82. The van der Waals surface area contributed by atoms with Crippen LogP contribution in [0.1, 0.15) is 31.2 Å². The fourth-order valence-electron chi connectivity index (χ4n) is 5.29. The van der Waals surface area contributed by atoms with E-state index in [9.17, 15) is 0 Å². The molecular formula is C29H38N6O. The third kappa shape index (κ3) is 5.12. The molecule has 2 aromatic heterocycles. The standard InChI is InChI=1S/C29H38N6O/c1-5-21-8-6-7-9-23(21)20-30-29-28-25(12-13-34(28)3)31-27(32-29)18-22-10-11-24(19-26(22)36-4)35-16-14-33(2)15-17-35/h6-7,9-13,19,21H,5,8,14-18,20H2,1-4H3,(H,30,31,32). The summed E-state index contributed by atoms with van der Waals surface area (Å²) < 4.78 is 7.91. The van der Waals surface area contributed by atoms with Gasteiger partial charge in [0.2, 0.25) is 0 Å². The lowest BCUT2D eigenvalue weighted by molar-refractivity contribution is 0.312. The van der Waals surface area contributed by atoms with Crippen molar-refractivity contribution in [2.45, 2.75) is 26.2 Å². The summed E-state index contributed by atoms with van der Waals surface area (Å²) in [4.78, 5) is 14.7. The molecule has 3 heterocycles. The lowest BCUT2D eigenvalue weighted by Gasteiger charge is -2.34. The van der Waals surface area contributed by atoms with Crippen molar-refractivity contribution in [1.29, 1.82) is 0 Å². The minimum absolute atomic E-state index is 0.593. The molecule has 0 radical (unpaired) electrons. The van der Waals surface area contributed by atoms with Gasteiger partial charge in [-0.2, -0.15) is 0 Å². The second-order valence-electron chi connectivity index (χ2n) is 9.98. The van der Waals surface area contributed by atoms with E-state index in [0.29, 0.717) is 12.3 Å². The molecule has 1 saturated heterocycles. The van der Waals surface area contributed by atoms with Gasteiger partial charge >= 0.3 is 0 Å². The van der Waals surface area contributed by atoms with Crippen molar-refractivity contribution in [1.82, 2.24) is 19.4 Å². The van der Waals surface area contributed by atoms with Crippen molar-refractivity contribution in [2.75, 3.05) is 57.1 Å². The van der Waals surface area contributed by atoms with Crippen molar-refractivity contribution >= 4 is 22.5 Å². The fourth-order valence-corrected chi connectivity index (χ4v) is 5.29. The number of likely N-dealkylation sites (N-methyl/N-ethyl adjacent to an activating group) is 1. The zero-order chi connectivity index (χ0) is 25.1. The van der Waals surface area contributed by atoms with E-state index in [1.54, 1.807) is 7.11 Å². The summed E-state index contributed by atoms with van der Waals surface area (Å²) in [5.74, 6) is 3.17. The molecule has 7 heteroatoms. The molecule has 0 saturated carbocycles. The normalized spacial score (nSPS) is 18.5. The van der Waals surface area contributed by atoms with Gasteiger partial charge in [0.1, 0.15) is 17.1 Å². The number of benzene rings is 1. The Kier molecular flexibility index (Phi) is 7.28. The smallest absolute Gasteiger partial charge is 0.154 e. The molecular weight excluding hydrogens is 448 g/mol. The Balaban J connectivity index is 1.39. The third-order valence-electron chi connectivity index (χ3n) is 7.60. The van der Waals surface area contributed by atoms with E-state index in [-0.39, 0.29) is 0 Å². The lowest BCUT2D eigenvalue weighted by Crippen LogP contribution is -2.44. The minimum atomic E-state index is 0.593. The quantitative estimate of drug-likeness (QED) is 0.500. The zero-order valence-corrected chi connectivity index (χ0v) is 22.0. The zero-order valence-electron chi connectivity index (χ0n) is 22.0. The van der Waals surface area contributed by atoms with Gasteiger partial charge in [0.25, 0.3) is 0 Å². The van der Waals surface area contributed by atoms with Crippen molar-refractivity contribution in [3.05, 3.63) is 65.7 Å². The number of ether oxygens (including phenoxy) is 1. The molecule has 1 aliphatic carbocycles. The Morgan fingerprint density at radius 3 is 2.69 bits per heavy atom. The first kappa shape index (κ1) is 24.4. The molecule has 1 unspecified atom stereocenters. The lowest BCUT2D eigenvalue weighted by atomic mass is 9.89. The Morgan fingerprint density at radius 2 is 1.92 bits per heavy atom. The third-order valence-corrected chi connectivity index (χ3v) is 7.60. The van der Waals surface area contributed by atoms with Crippen LogP contribution in [0.25, 0.3) is 11.0 Å². The summed E-state index contributed by atoms with van der Waals surface area (Å²) in [6.07, 6.45) is 11.6. The van der Waals surface area contributed by atoms with E-state index >= 15 is 0 Å². The number of anilines is 2. The van der Waals surface area contributed by atoms with Gasteiger partial charge in [-0.3, -0.25) is 0 Å². The van der Waals surface area contributed by atoms with Crippen LogP contribution in [0.5, 0.6) is 5.75 Å². The molecule has 0 bridgehead atoms. The van der Waals surface area contributed by atoms with Gasteiger partial charge in [-0.25, -0.2) is 9.97 Å². The predicted molar refractivity (Wildman–Crippen MR) is 148 cm³/mol. The summed E-state index contributed by atoms with van der Waals surface area (Å²) in [5.41, 5.74) is 5.75. The number of aryl methyl sites for hydroxylation is 1. The fraction of sp³-hybridized carbons (Fsp3) is 0.448. The number of hydrogen-bond acceptors (Lipinski definition) is 6. The average Bonchev–Trinajstić information content (AvgIpc) is 3.28. The van der Waals surface area contributed by atoms with Gasteiger partial charge in [-0.15, -0.1) is 0 Å². The number of nitrogens with one attached hydrogen (secondary N) is 1. The van der Waals surface area contributed by atoms with Crippen LogP contribution in [0.2, 0.25) is 0 Å². The van der Waals surface area contributed by atoms with Crippen molar-refractivity contribution < 1.29 is 4.74 Å². The molecule has 2 aliphatic rings. The van der Waals surface area contributed by atoms with E-state index in [1.807, 2.05) is 7.05 Å². The number of hydrogen-bond donors (Lipinski definition) is 1. The highest BCUT2D eigenvalue weighted by molar-refractivity contribution is 5.86. The second-order valence-corrected chi connectivity index (χ2v) is 9.98. The Hall–Kier alpha value is -3.32. The first-order valence-electron chi connectivity index (χ1n) is 13.1. The number of methoxy groups -OCH3 is 1. The summed E-state index contributed by atoms with van der Waals surface area (Å²) in [5, 5.41) is 3.64. The van der Waals surface area contributed by atoms with Crippen LogP contribution in [0.15, 0.2) is 54.3 Å². The highest BCUT2D eigenvalue weighted by Gasteiger charge is 2.18. The number of allylic oxidation sites excluding steroid dienone is 3. The van der Waals surface area contributed by atoms with E-state index in [4.69, 9.17) is 14.7 Å². The highest BCUT2D eigenvalue weighted by Crippen LogP contribution is 2.30. The first-order valence-corrected chi connectivity index (χ1v) is 13.1. The van der Waals surface area contributed by atoms with Crippen LogP contribution >= 0.6 is 0 Å². The maximum atomic E-state index is 5.82. The van der Waals surface area contributed by atoms with Gasteiger partial charge < -0.3 is 24.4 Å². The van der Waals surface area contributed by atoms with Crippen LogP contribution in [-0.4, -0.2) is 66.3 Å². The van der Waals surface area contributed by atoms with E-state index in [0.717, 1.165) is 79.6 Å². The Bertz CT molecular complexity index is 1270. The summed E-state index contributed by atoms with van der Waals surface area (Å²) in [6, 6.07) is 8.60. The average molecular weight is 487 g/mol. The highest BCUT2D eigenvalue weighted by atomic mass is 16.5. The summed E-state index contributed by atoms with van der Waals surface area (Å²) in [7, 11) is 5.98. The van der Waals surface area contributed by atoms with Gasteiger partial charge in [-0.05, 0) is 43.5 Å². The van der Waals surface area contributed by atoms with E-state index in [2.05, 4.69) is 82.3 Å². The summed E-state index contributed by atoms with van der Waals surface area (Å²) >= 11 is 0. The largest absolute Gasteiger partial charge is 0.496 e. The number of nitrogens with zero attached hydrogens (tertiary/aromatic N) is 5. The van der Waals surface area contributed by atoms with Gasteiger partial charge in [0.05, 0.1) is 12.6 Å². The molecule has 190 valence electrons. The molecule has 1 N–H and O–H groups in total. The van der Waals surface area contributed by atoms with Crippen LogP contribution in [-0.2, 0) is 13.5 Å². The number of piperazine rings is 1. The maximum Gasteiger partial charge on any atom is 0.154 e. The molecule has 1 fully saturated rings. The van der Waals surface area contributed by atoms with Crippen LogP contribution in [0.3, 0.4) is 0 Å². The monoisotopic (exact) mass is 486 g/mol. The Morgan fingerprint density at radius 1 is 1.08 bits per heavy atom. The van der Waals surface area contributed by atoms with Crippen LogP contribution in [0.4, 0.5) is 11.5 Å². The topological polar surface area (TPSA) is 58.5 Å². The molecule has 1 aliphatic heterocycles. The minimum Gasteiger partial charge on any atom is -0.496 e. The van der Waals surface area contributed by atoms with Gasteiger partial charge in [-0.1, -0.05) is 31.2 Å². The number of rotatable bonds is 8. The van der Waals surface area contributed by atoms with Crippen molar-refractivity contribution in [2.24, 2.45) is 13.0 Å². The second kappa shape index (κ2) is 10.7. The van der Waals surface area contributed by atoms with E-state index in [1.165, 1.54) is 11.3 Å². The first-order chi connectivity index (χ1) is 17.6. The van der Waals surface area contributed by atoms with Crippen molar-refractivity contribution in [3.63, 3.8) is 0 Å². The molecule has 1 aromatic carbocycles. The van der Waals surface area contributed by atoms with Crippen LogP contribution < -0.4 is 15.0 Å². The molecule has 0 amide bonds.